The Labute approximate surface area is 84.6 Å². The molecule has 0 aliphatic carbocycles. The second kappa shape index (κ2) is 3.64. The summed E-state index contributed by atoms with van der Waals surface area (Å²) in [5.41, 5.74) is 0. The molecule has 0 radical (unpaired) electrons. The minimum absolute atomic E-state index is 0.377. The van der Waals surface area contributed by atoms with E-state index in [4.69, 9.17) is 0 Å². The molecule has 4 nitrogen and oxygen atoms in total. The number of carbonyl (C=O) groups excluding carboxylic acids is 1. The fourth-order valence-corrected chi connectivity index (χ4v) is 1.87. The summed E-state index contributed by atoms with van der Waals surface area (Å²) in [4.78, 5) is 14.4. The van der Waals surface area contributed by atoms with E-state index in [0.717, 1.165) is 13.1 Å². The van der Waals surface area contributed by atoms with Crippen molar-refractivity contribution in [2.75, 3.05) is 32.7 Å². The molecule has 0 amide bonds. The van der Waals surface area contributed by atoms with Gasteiger partial charge in [0.1, 0.15) is 0 Å². The van der Waals surface area contributed by atoms with Crippen molar-refractivity contribution in [2.24, 2.45) is 0 Å². The zero-order chi connectivity index (χ0) is 11.1. The molecule has 1 unspecified atom stereocenters. The Morgan fingerprint density at radius 3 is 2.20 bits per heavy atom. The number of rotatable bonds is 1. The topological polar surface area (TPSA) is 32.8 Å². The van der Waals surface area contributed by atoms with E-state index in [2.05, 4.69) is 4.74 Å². The standard InChI is InChI=1S/C8H11F3N2O2/c9-8(10,11)7(14)15-6-5-12-1-3-13(6)4-2-12/h6H,1-5H2. The van der Waals surface area contributed by atoms with Crippen LogP contribution < -0.4 is 0 Å². The summed E-state index contributed by atoms with van der Waals surface area (Å²) in [6.07, 6.45) is -5.63. The van der Waals surface area contributed by atoms with Crippen molar-refractivity contribution in [2.45, 2.75) is 12.4 Å². The minimum Gasteiger partial charge on any atom is -0.438 e. The van der Waals surface area contributed by atoms with Crippen LogP contribution in [0.5, 0.6) is 0 Å². The molecular formula is C8H11F3N2O2. The van der Waals surface area contributed by atoms with Gasteiger partial charge >= 0.3 is 12.1 Å². The molecule has 0 aromatic carbocycles. The number of esters is 1. The number of fused-ring (bicyclic) bond motifs is 3. The highest BCUT2D eigenvalue weighted by Crippen LogP contribution is 2.22. The van der Waals surface area contributed by atoms with E-state index in [0.29, 0.717) is 19.6 Å². The maximum absolute atomic E-state index is 11.9. The van der Waals surface area contributed by atoms with E-state index in [1.165, 1.54) is 0 Å². The number of halogens is 3. The SMILES string of the molecule is O=C(OC1CN2CCN1CC2)C(F)(F)F. The molecule has 3 rings (SSSR count). The number of alkyl halides is 3. The number of nitrogens with zero attached hydrogens (tertiary/aromatic N) is 2. The summed E-state index contributed by atoms with van der Waals surface area (Å²) >= 11 is 0. The second-order valence-electron chi connectivity index (χ2n) is 3.69. The van der Waals surface area contributed by atoms with Crippen LogP contribution in [0, 0.1) is 0 Å². The third-order valence-corrected chi connectivity index (χ3v) is 2.70. The van der Waals surface area contributed by atoms with Crippen LogP contribution >= 0.6 is 0 Å². The molecule has 7 heteroatoms. The van der Waals surface area contributed by atoms with Gasteiger partial charge in [-0.2, -0.15) is 13.2 Å². The predicted molar refractivity (Wildman–Crippen MR) is 43.9 cm³/mol. The Morgan fingerprint density at radius 2 is 1.80 bits per heavy atom. The van der Waals surface area contributed by atoms with E-state index in [1.807, 2.05) is 4.90 Å². The zero-order valence-electron chi connectivity index (χ0n) is 7.96. The third-order valence-electron chi connectivity index (χ3n) is 2.70. The molecule has 0 saturated carbocycles. The molecule has 0 aromatic rings. The number of carbonyl (C=O) groups is 1. The summed E-state index contributed by atoms with van der Waals surface area (Å²) < 4.78 is 40.2. The van der Waals surface area contributed by atoms with Crippen LogP contribution in [0.2, 0.25) is 0 Å². The minimum atomic E-state index is -4.90. The van der Waals surface area contributed by atoms with Gasteiger partial charge in [0.2, 0.25) is 0 Å². The Morgan fingerprint density at radius 1 is 1.20 bits per heavy atom. The molecule has 3 heterocycles. The summed E-state index contributed by atoms with van der Waals surface area (Å²) in [6.45, 7) is 3.37. The van der Waals surface area contributed by atoms with Crippen molar-refractivity contribution in [3.8, 4) is 0 Å². The van der Waals surface area contributed by atoms with Gasteiger partial charge in [-0.05, 0) is 0 Å². The monoisotopic (exact) mass is 224 g/mol. The van der Waals surface area contributed by atoms with Crippen molar-refractivity contribution in [1.29, 1.82) is 0 Å². The Balaban J connectivity index is 1.93. The largest absolute Gasteiger partial charge is 0.490 e. The van der Waals surface area contributed by atoms with Gasteiger partial charge in [0, 0.05) is 32.7 Å². The van der Waals surface area contributed by atoms with Crippen molar-refractivity contribution in [1.82, 2.24) is 9.80 Å². The van der Waals surface area contributed by atoms with E-state index in [-0.39, 0.29) is 0 Å². The fraction of sp³-hybridized carbons (Fsp3) is 0.875. The quantitative estimate of drug-likeness (QED) is 0.589. The van der Waals surface area contributed by atoms with Gasteiger partial charge in [-0.1, -0.05) is 0 Å². The fourth-order valence-electron chi connectivity index (χ4n) is 1.87. The van der Waals surface area contributed by atoms with Crippen molar-refractivity contribution < 1.29 is 22.7 Å². The van der Waals surface area contributed by atoms with Crippen LogP contribution in [-0.2, 0) is 9.53 Å². The van der Waals surface area contributed by atoms with Crippen molar-refractivity contribution in [3.63, 3.8) is 0 Å². The molecule has 0 aromatic heterocycles. The average molecular weight is 224 g/mol. The second-order valence-corrected chi connectivity index (χ2v) is 3.69. The van der Waals surface area contributed by atoms with E-state index in [9.17, 15) is 18.0 Å². The number of hydrogen-bond donors (Lipinski definition) is 0. The van der Waals surface area contributed by atoms with Gasteiger partial charge in [-0.3, -0.25) is 9.80 Å². The summed E-state index contributed by atoms with van der Waals surface area (Å²) in [5, 5.41) is 0. The predicted octanol–water partition coefficient (Wildman–Crippen LogP) is 0.0492. The zero-order valence-corrected chi connectivity index (χ0v) is 7.96. The summed E-state index contributed by atoms with van der Waals surface area (Å²) in [6, 6.07) is 0. The molecule has 15 heavy (non-hydrogen) atoms. The third kappa shape index (κ3) is 2.23. The Kier molecular flexibility index (Phi) is 2.59. The van der Waals surface area contributed by atoms with Gasteiger partial charge in [0.05, 0.1) is 0 Å². The van der Waals surface area contributed by atoms with Gasteiger partial charge in [-0.15, -0.1) is 0 Å². The molecule has 3 aliphatic heterocycles. The van der Waals surface area contributed by atoms with Crippen LogP contribution in [0.15, 0.2) is 0 Å². The molecule has 86 valence electrons. The molecular weight excluding hydrogens is 213 g/mol. The lowest BCUT2D eigenvalue weighted by atomic mass is 10.2. The van der Waals surface area contributed by atoms with Crippen molar-refractivity contribution in [3.05, 3.63) is 0 Å². The van der Waals surface area contributed by atoms with Crippen LogP contribution in [0.3, 0.4) is 0 Å². The van der Waals surface area contributed by atoms with E-state index < -0.39 is 18.4 Å². The smallest absolute Gasteiger partial charge is 0.438 e. The highest BCUT2D eigenvalue weighted by molar-refractivity contribution is 5.75. The number of hydrogen-bond acceptors (Lipinski definition) is 4. The van der Waals surface area contributed by atoms with Gasteiger partial charge in [-0.25, -0.2) is 4.79 Å². The molecule has 3 aliphatic rings. The van der Waals surface area contributed by atoms with E-state index in [1.54, 1.807) is 4.90 Å². The highest BCUT2D eigenvalue weighted by Gasteiger charge is 2.44. The first-order valence-electron chi connectivity index (χ1n) is 4.71. The molecule has 0 spiro atoms. The number of piperazine rings is 3. The summed E-state index contributed by atoms with van der Waals surface area (Å²) in [7, 11) is 0. The Bertz CT molecular complexity index is 261. The lowest BCUT2D eigenvalue weighted by molar-refractivity contribution is -0.220. The van der Waals surface area contributed by atoms with Crippen LogP contribution in [0.25, 0.3) is 0 Å². The van der Waals surface area contributed by atoms with Crippen molar-refractivity contribution >= 4 is 5.97 Å². The molecule has 3 fully saturated rings. The average Bonchev–Trinajstić information content (AvgIpc) is 2.18. The molecule has 1 atom stereocenters. The first kappa shape index (κ1) is 10.7. The molecule has 2 bridgehead atoms. The van der Waals surface area contributed by atoms with Crippen LogP contribution in [0.1, 0.15) is 0 Å². The summed E-state index contributed by atoms with van der Waals surface area (Å²) in [5.74, 6) is -2.10. The first-order valence-corrected chi connectivity index (χ1v) is 4.71. The highest BCUT2D eigenvalue weighted by atomic mass is 19.4. The van der Waals surface area contributed by atoms with Crippen LogP contribution in [-0.4, -0.2) is 60.9 Å². The van der Waals surface area contributed by atoms with Gasteiger partial charge in [0.25, 0.3) is 0 Å². The van der Waals surface area contributed by atoms with Gasteiger partial charge in [0.15, 0.2) is 6.23 Å². The maximum atomic E-state index is 11.9. The lowest BCUT2D eigenvalue weighted by Gasteiger charge is -2.46. The van der Waals surface area contributed by atoms with E-state index >= 15 is 0 Å². The molecule has 3 saturated heterocycles. The maximum Gasteiger partial charge on any atom is 0.490 e. The first-order chi connectivity index (χ1) is 6.97. The van der Waals surface area contributed by atoms with Crippen LogP contribution in [0.4, 0.5) is 13.2 Å². The molecule has 0 N–H and O–H groups in total. The normalized spacial score (nSPS) is 35.3. The lowest BCUT2D eigenvalue weighted by Crippen LogP contribution is -2.62. The number of ether oxygens (including phenoxy) is 1. The van der Waals surface area contributed by atoms with Gasteiger partial charge < -0.3 is 4.74 Å². The Hall–Kier alpha value is -0.820.